The summed E-state index contributed by atoms with van der Waals surface area (Å²) in [6.45, 7) is 5.86. The van der Waals surface area contributed by atoms with Crippen LogP contribution in [0.1, 0.15) is 23.0 Å². The van der Waals surface area contributed by atoms with Crippen LogP contribution in [0, 0.1) is 12.8 Å². The van der Waals surface area contributed by atoms with Gasteiger partial charge in [-0.05, 0) is 19.9 Å². The van der Waals surface area contributed by atoms with Crippen LogP contribution in [-0.2, 0) is 6.54 Å². The molecule has 2 aromatic rings. The van der Waals surface area contributed by atoms with Gasteiger partial charge < -0.3 is 15.3 Å². The Labute approximate surface area is 140 Å². The van der Waals surface area contributed by atoms with Crippen LogP contribution >= 0.6 is 0 Å². The number of amides is 1. The Morgan fingerprint density at radius 3 is 2.92 bits per heavy atom. The molecule has 3 heterocycles. The van der Waals surface area contributed by atoms with Gasteiger partial charge in [0, 0.05) is 44.0 Å². The van der Waals surface area contributed by atoms with E-state index >= 15 is 0 Å². The largest absolute Gasteiger partial charge is 0.396 e. The standard InChI is InChI=1S/C16H22N6O2/c1-3-22-11(2)13(6-19-22)16(24)20-14-8-21(7-12(14)9-23)15-4-5-17-10-18-15/h4-6,10,12,14,23H,3,7-9H2,1-2H3,(H,20,24)/t12-,14+/m0/s1. The molecule has 0 aromatic carbocycles. The third kappa shape index (κ3) is 3.09. The highest BCUT2D eigenvalue weighted by atomic mass is 16.3. The Bertz CT molecular complexity index is 702. The van der Waals surface area contributed by atoms with E-state index in [1.807, 2.05) is 19.9 Å². The fraction of sp³-hybridized carbons (Fsp3) is 0.500. The van der Waals surface area contributed by atoms with Crippen molar-refractivity contribution in [1.82, 2.24) is 25.1 Å². The predicted octanol–water partition coefficient (Wildman–Crippen LogP) is 0.229. The molecule has 0 spiro atoms. The molecule has 8 nitrogen and oxygen atoms in total. The Balaban J connectivity index is 1.71. The zero-order valence-electron chi connectivity index (χ0n) is 13.9. The van der Waals surface area contributed by atoms with Gasteiger partial charge in [0.1, 0.15) is 12.1 Å². The molecule has 8 heteroatoms. The Kier molecular flexibility index (Phi) is 4.75. The van der Waals surface area contributed by atoms with Crippen molar-refractivity contribution in [3.05, 3.63) is 36.0 Å². The number of nitrogens with one attached hydrogen (secondary N) is 1. The van der Waals surface area contributed by atoms with Crippen molar-refractivity contribution in [2.24, 2.45) is 5.92 Å². The molecule has 1 fully saturated rings. The number of aryl methyl sites for hydroxylation is 1. The smallest absolute Gasteiger partial charge is 0.255 e. The van der Waals surface area contributed by atoms with Crippen molar-refractivity contribution in [3.8, 4) is 0 Å². The maximum atomic E-state index is 12.6. The number of anilines is 1. The number of hydrogen-bond acceptors (Lipinski definition) is 6. The maximum absolute atomic E-state index is 12.6. The van der Waals surface area contributed by atoms with Crippen molar-refractivity contribution in [2.45, 2.75) is 26.4 Å². The maximum Gasteiger partial charge on any atom is 0.255 e. The van der Waals surface area contributed by atoms with Crippen LogP contribution in [0.5, 0.6) is 0 Å². The first-order valence-corrected chi connectivity index (χ1v) is 8.09. The van der Waals surface area contributed by atoms with Gasteiger partial charge in [0.2, 0.25) is 0 Å². The van der Waals surface area contributed by atoms with Crippen molar-refractivity contribution >= 4 is 11.7 Å². The van der Waals surface area contributed by atoms with E-state index in [0.29, 0.717) is 18.7 Å². The lowest BCUT2D eigenvalue weighted by molar-refractivity contribution is 0.0921. The SMILES string of the molecule is CCn1ncc(C(=O)N[C@@H]2CN(c3ccncn3)C[C@H]2CO)c1C. The van der Waals surface area contributed by atoms with Crippen molar-refractivity contribution in [1.29, 1.82) is 0 Å². The van der Waals surface area contributed by atoms with Crippen molar-refractivity contribution in [2.75, 3.05) is 24.6 Å². The third-order valence-electron chi connectivity index (χ3n) is 4.53. The van der Waals surface area contributed by atoms with E-state index in [9.17, 15) is 9.90 Å². The van der Waals surface area contributed by atoms with Crippen LogP contribution in [0.15, 0.2) is 24.8 Å². The number of aliphatic hydroxyl groups excluding tert-OH is 1. The van der Waals surface area contributed by atoms with Gasteiger partial charge in [0.15, 0.2) is 0 Å². The summed E-state index contributed by atoms with van der Waals surface area (Å²) in [4.78, 5) is 22.8. The Morgan fingerprint density at radius 2 is 2.29 bits per heavy atom. The van der Waals surface area contributed by atoms with Crippen LogP contribution in [-0.4, -0.2) is 56.5 Å². The van der Waals surface area contributed by atoms with Crippen LogP contribution in [0.4, 0.5) is 5.82 Å². The summed E-state index contributed by atoms with van der Waals surface area (Å²) in [5.41, 5.74) is 1.43. The highest BCUT2D eigenvalue weighted by molar-refractivity contribution is 5.95. The van der Waals surface area contributed by atoms with Crippen molar-refractivity contribution in [3.63, 3.8) is 0 Å². The molecule has 0 aliphatic carbocycles. The second kappa shape index (κ2) is 6.96. The molecule has 2 atom stereocenters. The minimum atomic E-state index is -0.153. The van der Waals surface area contributed by atoms with Gasteiger partial charge in [-0.3, -0.25) is 9.48 Å². The monoisotopic (exact) mass is 330 g/mol. The van der Waals surface area contributed by atoms with Gasteiger partial charge in [-0.1, -0.05) is 0 Å². The summed E-state index contributed by atoms with van der Waals surface area (Å²) in [6.07, 6.45) is 4.78. The summed E-state index contributed by atoms with van der Waals surface area (Å²) >= 11 is 0. The number of aliphatic hydroxyl groups is 1. The molecule has 0 bridgehead atoms. The molecule has 1 saturated heterocycles. The zero-order chi connectivity index (χ0) is 17.1. The molecule has 2 N–H and O–H groups in total. The van der Waals surface area contributed by atoms with Gasteiger partial charge in [0.25, 0.3) is 5.91 Å². The number of carbonyl (C=O) groups is 1. The molecule has 0 unspecified atom stereocenters. The number of carbonyl (C=O) groups excluding carboxylic acids is 1. The average Bonchev–Trinajstić information content (AvgIpc) is 3.18. The summed E-state index contributed by atoms with van der Waals surface area (Å²) in [5.74, 6) is 0.612. The highest BCUT2D eigenvalue weighted by Gasteiger charge is 2.34. The van der Waals surface area contributed by atoms with E-state index in [4.69, 9.17) is 0 Å². The zero-order valence-corrected chi connectivity index (χ0v) is 13.9. The molecule has 3 rings (SSSR count). The molecule has 128 valence electrons. The quantitative estimate of drug-likeness (QED) is 0.815. The lowest BCUT2D eigenvalue weighted by Gasteiger charge is -2.18. The molecular formula is C16H22N6O2. The topological polar surface area (TPSA) is 96.2 Å². The van der Waals surface area contributed by atoms with Gasteiger partial charge in [0.05, 0.1) is 17.8 Å². The Morgan fingerprint density at radius 1 is 1.46 bits per heavy atom. The van der Waals surface area contributed by atoms with Gasteiger partial charge in [-0.2, -0.15) is 5.10 Å². The number of hydrogen-bond donors (Lipinski definition) is 2. The molecule has 1 amide bonds. The molecule has 0 radical (unpaired) electrons. The van der Waals surface area contributed by atoms with Gasteiger partial charge >= 0.3 is 0 Å². The fourth-order valence-electron chi connectivity index (χ4n) is 3.11. The van der Waals surface area contributed by atoms with Gasteiger partial charge in [-0.25, -0.2) is 9.97 Å². The minimum Gasteiger partial charge on any atom is -0.396 e. The van der Waals surface area contributed by atoms with E-state index in [2.05, 4.69) is 25.3 Å². The molecule has 2 aromatic heterocycles. The number of nitrogens with zero attached hydrogens (tertiary/aromatic N) is 5. The molecule has 1 aliphatic rings. The normalized spacial score (nSPS) is 20.4. The van der Waals surface area contributed by atoms with E-state index < -0.39 is 0 Å². The summed E-state index contributed by atoms with van der Waals surface area (Å²) in [7, 11) is 0. The van der Waals surface area contributed by atoms with Crippen LogP contribution in [0.25, 0.3) is 0 Å². The first-order chi connectivity index (χ1) is 11.6. The molecule has 24 heavy (non-hydrogen) atoms. The summed E-state index contributed by atoms with van der Waals surface area (Å²) in [5, 5.41) is 16.9. The predicted molar refractivity (Wildman–Crippen MR) is 88.7 cm³/mol. The van der Waals surface area contributed by atoms with Crippen LogP contribution < -0.4 is 10.2 Å². The second-order valence-corrected chi connectivity index (χ2v) is 5.95. The Hall–Kier alpha value is -2.48. The highest BCUT2D eigenvalue weighted by Crippen LogP contribution is 2.22. The van der Waals surface area contributed by atoms with E-state index in [0.717, 1.165) is 18.1 Å². The molecule has 1 aliphatic heterocycles. The first-order valence-electron chi connectivity index (χ1n) is 8.09. The summed E-state index contributed by atoms with van der Waals surface area (Å²) < 4.78 is 1.79. The van der Waals surface area contributed by atoms with Crippen molar-refractivity contribution < 1.29 is 9.90 Å². The minimum absolute atomic E-state index is 0.0136. The van der Waals surface area contributed by atoms with Crippen LogP contribution in [0.2, 0.25) is 0 Å². The van der Waals surface area contributed by atoms with Crippen LogP contribution in [0.3, 0.4) is 0 Å². The van der Waals surface area contributed by atoms with E-state index in [1.54, 1.807) is 17.1 Å². The van der Waals surface area contributed by atoms with E-state index in [-0.39, 0.29) is 24.5 Å². The lowest BCUT2D eigenvalue weighted by atomic mass is 10.0. The molecule has 0 saturated carbocycles. The molecular weight excluding hydrogens is 308 g/mol. The summed E-state index contributed by atoms with van der Waals surface area (Å²) in [6, 6.07) is 1.69. The third-order valence-corrected chi connectivity index (χ3v) is 4.53. The van der Waals surface area contributed by atoms with Gasteiger partial charge in [-0.15, -0.1) is 0 Å². The second-order valence-electron chi connectivity index (χ2n) is 5.95. The lowest BCUT2D eigenvalue weighted by Crippen LogP contribution is -2.41. The first kappa shape index (κ1) is 16.4. The number of rotatable bonds is 5. The average molecular weight is 330 g/mol. The fourth-order valence-corrected chi connectivity index (χ4v) is 3.11. The number of aromatic nitrogens is 4. The van der Waals surface area contributed by atoms with E-state index in [1.165, 1.54) is 6.33 Å².